The quantitative estimate of drug-likeness (QED) is 0.146. The van der Waals surface area contributed by atoms with Crippen LogP contribution < -0.4 is 13.7 Å². The number of hydrogen-bond acceptors (Lipinski definition) is 5. The maximum atomic E-state index is 13.9. The van der Waals surface area contributed by atoms with E-state index in [1.165, 1.54) is 0 Å². The molecule has 0 saturated heterocycles. The number of benzene rings is 3. The molecule has 0 spiro atoms. The van der Waals surface area contributed by atoms with Crippen LogP contribution in [-0.2, 0) is 16.3 Å². The standard InChI is InChI=1S/C22H11ClF8O5S/c23-12-7-9(22(29,30)31)1-4-14(12)35-13-5-6-34-15-8-10(2-3-11(13)15)37(32,33)36-21-19(27)17(25)16(24)18(26)20(21)28/h1-4,7-8,13H,5-6H2. The van der Waals surface area contributed by atoms with Crippen LogP contribution in [0, 0.1) is 29.1 Å². The van der Waals surface area contributed by atoms with Gasteiger partial charge in [0.1, 0.15) is 22.5 Å². The lowest BCUT2D eigenvalue weighted by atomic mass is 10.0. The van der Waals surface area contributed by atoms with Crippen molar-refractivity contribution in [3.63, 3.8) is 0 Å². The molecule has 0 saturated carbocycles. The summed E-state index contributed by atoms with van der Waals surface area (Å²) >= 11 is 5.91. The Morgan fingerprint density at radius 3 is 2.11 bits per heavy atom. The summed E-state index contributed by atoms with van der Waals surface area (Å²) in [5.74, 6) is -14.5. The lowest BCUT2D eigenvalue weighted by molar-refractivity contribution is -0.137. The highest BCUT2D eigenvalue weighted by Crippen LogP contribution is 2.41. The van der Waals surface area contributed by atoms with Crippen molar-refractivity contribution >= 4 is 21.7 Å². The summed E-state index contributed by atoms with van der Waals surface area (Å²) in [7, 11) is -5.12. The van der Waals surface area contributed by atoms with E-state index < -0.39 is 67.7 Å². The van der Waals surface area contributed by atoms with Gasteiger partial charge in [-0.3, -0.25) is 0 Å². The van der Waals surface area contributed by atoms with Crippen LogP contribution in [0.2, 0.25) is 5.02 Å². The first-order valence-corrected chi connectivity index (χ1v) is 11.8. The first-order chi connectivity index (χ1) is 17.2. The van der Waals surface area contributed by atoms with Crippen molar-refractivity contribution in [3.05, 3.63) is 81.6 Å². The highest BCUT2D eigenvalue weighted by molar-refractivity contribution is 7.87. The second kappa shape index (κ2) is 9.56. The number of ether oxygens (including phenoxy) is 2. The predicted molar refractivity (Wildman–Crippen MR) is 110 cm³/mol. The predicted octanol–water partition coefficient (Wildman–Crippen LogP) is 6.72. The van der Waals surface area contributed by atoms with Gasteiger partial charge in [0.05, 0.1) is 17.2 Å². The lowest BCUT2D eigenvalue weighted by Crippen LogP contribution is -2.20. The molecule has 1 aliphatic heterocycles. The Bertz CT molecular complexity index is 1460. The molecule has 3 aromatic rings. The molecule has 0 fully saturated rings. The van der Waals surface area contributed by atoms with Gasteiger partial charge in [0.15, 0.2) is 0 Å². The molecule has 5 nitrogen and oxygen atoms in total. The van der Waals surface area contributed by atoms with Crippen LogP contribution in [0.15, 0.2) is 41.3 Å². The van der Waals surface area contributed by atoms with Gasteiger partial charge in [0, 0.05) is 18.1 Å². The van der Waals surface area contributed by atoms with Crippen LogP contribution in [0.3, 0.4) is 0 Å². The van der Waals surface area contributed by atoms with Crippen LogP contribution in [0.4, 0.5) is 35.1 Å². The van der Waals surface area contributed by atoms with Crippen molar-refractivity contribution in [1.29, 1.82) is 0 Å². The number of halogens is 9. The molecule has 0 bridgehead atoms. The minimum atomic E-state index is -5.12. The zero-order valence-electron chi connectivity index (χ0n) is 17.8. The zero-order valence-corrected chi connectivity index (χ0v) is 19.4. The van der Waals surface area contributed by atoms with E-state index in [0.717, 1.165) is 30.3 Å². The summed E-state index contributed by atoms with van der Waals surface area (Å²) in [6.45, 7) is -0.0437. The zero-order chi connectivity index (χ0) is 27.3. The molecule has 0 N–H and O–H groups in total. The van der Waals surface area contributed by atoms with Gasteiger partial charge in [-0.05, 0) is 24.3 Å². The summed E-state index contributed by atoms with van der Waals surface area (Å²) in [5, 5.41) is -0.335. The Kier molecular flexibility index (Phi) is 6.92. The maximum absolute atomic E-state index is 13.9. The first kappa shape index (κ1) is 26.8. The molecule has 0 radical (unpaired) electrons. The van der Waals surface area contributed by atoms with Gasteiger partial charge in [-0.25, -0.2) is 13.2 Å². The van der Waals surface area contributed by atoms with Gasteiger partial charge >= 0.3 is 16.3 Å². The molecule has 0 aromatic heterocycles. The molecule has 1 aliphatic rings. The molecule has 0 aliphatic carbocycles. The summed E-state index contributed by atoms with van der Waals surface area (Å²) in [6, 6.07) is 5.35. The molecule has 198 valence electrons. The third-order valence-corrected chi connectivity index (χ3v) is 6.66. The van der Waals surface area contributed by atoms with Crippen LogP contribution in [-0.4, -0.2) is 15.0 Å². The minimum Gasteiger partial charge on any atom is -0.493 e. The molecule has 1 unspecified atom stereocenters. The molecule has 1 heterocycles. The third kappa shape index (κ3) is 5.12. The van der Waals surface area contributed by atoms with Crippen LogP contribution in [0.1, 0.15) is 23.7 Å². The van der Waals surface area contributed by atoms with E-state index in [1.54, 1.807) is 0 Å². The monoisotopic (exact) mass is 574 g/mol. The molecule has 15 heteroatoms. The average Bonchev–Trinajstić information content (AvgIpc) is 2.84. The second-order valence-electron chi connectivity index (χ2n) is 7.52. The van der Waals surface area contributed by atoms with Crippen molar-refractivity contribution in [2.75, 3.05) is 6.61 Å². The number of rotatable bonds is 5. The van der Waals surface area contributed by atoms with E-state index in [-0.39, 0.29) is 35.1 Å². The first-order valence-electron chi connectivity index (χ1n) is 9.96. The molecular weight excluding hydrogens is 564 g/mol. The molecule has 1 atom stereocenters. The van der Waals surface area contributed by atoms with Crippen molar-refractivity contribution in [1.82, 2.24) is 0 Å². The number of fused-ring (bicyclic) bond motifs is 1. The van der Waals surface area contributed by atoms with Gasteiger partial charge in [0.2, 0.25) is 34.8 Å². The normalized spacial score (nSPS) is 15.6. The van der Waals surface area contributed by atoms with Crippen LogP contribution in [0.25, 0.3) is 0 Å². The SMILES string of the molecule is O=S(=O)(Oc1c(F)c(F)c(F)c(F)c1F)c1ccc2c(c1)OCCC2Oc1ccc(C(F)(F)F)cc1Cl. The van der Waals surface area contributed by atoms with Gasteiger partial charge in [-0.2, -0.15) is 30.4 Å². The van der Waals surface area contributed by atoms with Crippen molar-refractivity contribution in [3.8, 4) is 17.2 Å². The smallest absolute Gasteiger partial charge is 0.416 e. The molecular formula is C22H11ClF8O5S. The summed E-state index contributed by atoms with van der Waals surface area (Å²) in [5.41, 5.74) is -0.765. The molecule has 0 amide bonds. The van der Waals surface area contributed by atoms with Crippen molar-refractivity contribution in [2.24, 2.45) is 0 Å². The highest BCUT2D eigenvalue weighted by Gasteiger charge is 2.34. The number of alkyl halides is 3. The van der Waals surface area contributed by atoms with Crippen LogP contribution in [0.5, 0.6) is 17.2 Å². The van der Waals surface area contributed by atoms with Gasteiger partial charge in [-0.1, -0.05) is 17.7 Å². The van der Waals surface area contributed by atoms with Gasteiger partial charge in [-0.15, -0.1) is 0 Å². The molecule has 37 heavy (non-hydrogen) atoms. The Morgan fingerprint density at radius 1 is 0.892 bits per heavy atom. The second-order valence-corrected chi connectivity index (χ2v) is 9.48. The van der Waals surface area contributed by atoms with E-state index in [1.807, 2.05) is 0 Å². The Hall–Kier alpha value is -3.26. The van der Waals surface area contributed by atoms with E-state index in [9.17, 15) is 43.5 Å². The molecule has 4 rings (SSSR count). The van der Waals surface area contributed by atoms with Gasteiger partial charge < -0.3 is 13.7 Å². The number of hydrogen-bond donors (Lipinski definition) is 0. The fourth-order valence-corrected chi connectivity index (χ4v) is 4.53. The van der Waals surface area contributed by atoms with Crippen molar-refractivity contribution in [2.45, 2.75) is 23.6 Å². The minimum absolute atomic E-state index is 0.0437. The molecule has 3 aromatic carbocycles. The Morgan fingerprint density at radius 2 is 1.51 bits per heavy atom. The van der Waals surface area contributed by atoms with Crippen molar-refractivity contribution < 1.29 is 57.2 Å². The average molecular weight is 575 g/mol. The Labute approximate surface area is 208 Å². The fraction of sp³-hybridized carbons (Fsp3) is 0.182. The topological polar surface area (TPSA) is 61.8 Å². The Balaban J connectivity index is 1.62. The highest BCUT2D eigenvalue weighted by atomic mass is 35.5. The third-order valence-electron chi connectivity index (χ3n) is 5.15. The van der Waals surface area contributed by atoms with E-state index in [4.69, 9.17) is 21.1 Å². The van der Waals surface area contributed by atoms with Crippen LogP contribution >= 0.6 is 11.6 Å². The summed E-state index contributed by atoms with van der Waals surface area (Å²) in [4.78, 5) is -0.761. The van der Waals surface area contributed by atoms with E-state index in [0.29, 0.717) is 6.07 Å². The van der Waals surface area contributed by atoms with Gasteiger partial charge in [0.25, 0.3) is 0 Å². The summed E-state index contributed by atoms with van der Waals surface area (Å²) in [6.07, 6.45) is -5.31. The maximum Gasteiger partial charge on any atom is 0.416 e. The van der Waals surface area contributed by atoms with E-state index >= 15 is 0 Å². The lowest BCUT2D eigenvalue weighted by Gasteiger charge is -2.27. The largest absolute Gasteiger partial charge is 0.493 e. The van der Waals surface area contributed by atoms with E-state index in [2.05, 4.69) is 4.18 Å². The summed E-state index contributed by atoms with van der Waals surface area (Å²) < 4.78 is 147. The fourth-order valence-electron chi connectivity index (χ4n) is 3.36.